The number of benzene rings is 3. The second kappa shape index (κ2) is 10.2. The maximum Gasteiger partial charge on any atom is 0.231 e. The molecule has 1 saturated heterocycles. The molecule has 1 fully saturated rings. The van der Waals surface area contributed by atoms with Crippen molar-refractivity contribution < 1.29 is 23.4 Å². The first-order valence-electron chi connectivity index (χ1n) is 11.7. The number of nitrogens with zero attached hydrogens (tertiary/aromatic N) is 2. The van der Waals surface area contributed by atoms with Crippen molar-refractivity contribution in [3.05, 3.63) is 77.6 Å². The second-order valence-corrected chi connectivity index (χ2v) is 8.78. The number of halogens is 1. The van der Waals surface area contributed by atoms with E-state index < -0.39 is 5.82 Å². The van der Waals surface area contributed by atoms with Crippen molar-refractivity contribution in [3.63, 3.8) is 0 Å². The van der Waals surface area contributed by atoms with Crippen molar-refractivity contribution in [1.29, 1.82) is 0 Å². The smallest absolute Gasteiger partial charge is 0.231 e. The number of ether oxygens (including phenoxy) is 3. The maximum atomic E-state index is 13.9. The summed E-state index contributed by atoms with van der Waals surface area (Å²) in [4.78, 5) is 17.0. The zero-order chi connectivity index (χ0) is 24.2. The highest BCUT2D eigenvalue weighted by atomic mass is 19.1. The van der Waals surface area contributed by atoms with Gasteiger partial charge in [-0.2, -0.15) is 0 Å². The molecule has 7 nitrogen and oxygen atoms in total. The summed E-state index contributed by atoms with van der Waals surface area (Å²) in [5.74, 6) is 1.91. The van der Waals surface area contributed by atoms with Crippen LogP contribution in [0.5, 0.6) is 23.0 Å². The van der Waals surface area contributed by atoms with Crippen molar-refractivity contribution in [2.75, 3.05) is 38.7 Å². The molecule has 0 unspecified atom stereocenters. The number of carbonyl (C=O) groups is 1. The van der Waals surface area contributed by atoms with E-state index in [0.717, 1.165) is 49.8 Å². The average molecular weight is 478 g/mol. The molecule has 0 bridgehead atoms. The number of hydrogen-bond donors (Lipinski definition) is 1. The predicted octanol–water partition coefficient (Wildman–Crippen LogP) is 4.21. The minimum Gasteiger partial charge on any atom is -0.454 e. The molecule has 3 aromatic carbocycles. The lowest BCUT2D eigenvalue weighted by Gasteiger charge is -2.34. The van der Waals surface area contributed by atoms with Crippen LogP contribution in [0.25, 0.3) is 0 Å². The number of aryl methyl sites for hydroxylation is 1. The molecule has 2 aliphatic heterocycles. The summed E-state index contributed by atoms with van der Waals surface area (Å²) in [5, 5.41) is 0. The van der Waals surface area contributed by atoms with Gasteiger partial charge in [0.1, 0.15) is 5.75 Å². The van der Waals surface area contributed by atoms with Crippen LogP contribution in [0.4, 0.5) is 10.1 Å². The highest BCUT2D eigenvalue weighted by molar-refractivity contribution is 5.76. The van der Waals surface area contributed by atoms with Crippen LogP contribution < -0.4 is 19.9 Å². The van der Waals surface area contributed by atoms with E-state index in [1.807, 2.05) is 29.2 Å². The molecule has 2 heterocycles. The number of nitrogens with two attached hydrogens (primary N) is 1. The average Bonchev–Trinajstić information content (AvgIpc) is 3.33. The van der Waals surface area contributed by atoms with E-state index in [4.69, 9.17) is 19.9 Å². The number of amides is 1. The van der Waals surface area contributed by atoms with Crippen LogP contribution in [-0.2, 0) is 17.8 Å². The molecule has 0 atom stereocenters. The molecular weight excluding hydrogens is 449 g/mol. The van der Waals surface area contributed by atoms with Gasteiger partial charge in [-0.15, -0.1) is 0 Å². The number of piperazine rings is 1. The van der Waals surface area contributed by atoms with Crippen LogP contribution in [0.2, 0.25) is 0 Å². The quantitative estimate of drug-likeness (QED) is 0.514. The summed E-state index contributed by atoms with van der Waals surface area (Å²) in [6.07, 6.45) is 1.10. The fourth-order valence-corrected chi connectivity index (χ4v) is 4.31. The zero-order valence-corrected chi connectivity index (χ0v) is 19.4. The van der Waals surface area contributed by atoms with Gasteiger partial charge < -0.3 is 24.8 Å². The van der Waals surface area contributed by atoms with Crippen molar-refractivity contribution in [2.45, 2.75) is 19.4 Å². The number of nitrogen functional groups attached to an aromatic ring is 1. The first-order valence-corrected chi connectivity index (χ1v) is 11.7. The Kier molecular flexibility index (Phi) is 6.72. The summed E-state index contributed by atoms with van der Waals surface area (Å²) < 4.78 is 30.3. The fraction of sp³-hybridized carbons (Fsp3) is 0.296. The molecule has 0 aromatic heterocycles. The Hall–Kier alpha value is -3.78. The SMILES string of the molecule is Nc1ccc(Oc2ccc(CCC(=O)N3CCN(Cc4ccc5c(c4)OCO5)CC3)cc2)c(F)c1. The van der Waals surface area contributed by atoms with E-state index in [-0.39, 0.29) is 18.4 Å². The number of fused-ring (bicyclic) bond motifs is 1. The van der Waals surface area contributed by atoms with Gasteiger partial charge >= 0.3 is 0 Å². The number of rotatable bonds is 7. The molecule has 0 radical (unpaired) electrons. The van der Waals surface area contributed by atoms with E-state index in [1.165, 1.54) is 17.7 Å². The van der Waals surface area contributed by atoms with Gasteiger partial charge in [-0.1, -0.05) is 18.2 Å². The molecule has 0 spiro atoms. The summed E-state index contributed by atoms with van der Waals surface area (Å²) in [7, 11) is 0. The molecule has 0 saturated carbocycles. The largest absolute Gasteiger partial charge is 0.454 e. The van der Waals surface area contributed by atoms with Gasteiger partial charge in [0, 0.05) is 50.9 Å². The Balaban J connectivity index is 1.06. The third-order valence-corrected chi connectivity index (χ3v) is 6.30. The van der Waals surface area contributed by atoms with Gasteiger partial charge in [-0.3, -0.25) is 9.69 Å². The Morgan fingerprint density at radius 1 is 0.914 bits per heavy atom. The third-order valence-electron chi connectivity index (χ3n) is 6.30. The van der Waals surface area contributed by atoms with E-state index >= 15 is 0 Å². The molecule has 8 heteroatoms. The highest BCUT2D eigenvalue weighted by Gasteiger charge is 2.22. The van der Waals surface area contributed by atoms with Crippen molar-refractivity contribution >= 4 is 11.6 Å². The van der Waals surface area contributed by atoms with Crippen LogP contribution >= 0.6 is 0 Å². The van der Waals surface area contributed by atoms with Gasteiger partial charge in [-0.05, 0) is 53.9 Å². The Morgan fingerprint density at radius 3 is 2.43 bits per heavy atom. The fourth-order valence-electron chi connectivity index (χ4n) is 4.31. The molecule has 5 rings (SSSR count). The number of anilines is 1. The first kappa shape index (κ1) is 23.0. The Morgan fingerprint density at radius 2 is 1.66 bits per heavy atom. The van der Waals surface area contributed by atoms with E-state index in [2.05, 4.69) is 11.0 Å². The molecule has 3 aromatic rings. The van der Waals surface area contributed by atoms with Crippen molar-refractivity contribution in [1.82, 2.24) is 9.80 Å². The normalized spacial score (nSPS) is 15.3. The van der Waals surface area contributed by atoms with Crippen LogP contribution in [0.1, 0.15) is 17.5 Å². The molecule has 2 N–H and O–H groups in total. The molecule has 0 aliphatic carbocycles. The molecule has 1 amide bonds. The van der Waals surface area contributed by atoms with Crippen LogP contribution in [0, 0.1) is 5.82 Å². The Bertz CT molecular complexity index is 1190. The van der Waals surface area contributed by atoms with Gasteiger partial charge in [-0.25, -0.2) is 4.39 Å². The van der Waals surface area contributed by atoms with Crippen molar-refractivity contribution in [3.8, 4) is 23.0 Å². The molecule has 2 aliphatic rings. The molecule has 182 valence electrons. The van der Waals surface area contributed by atoms with Gasteiger partial charge in [0.15, 0.2) is 23.1 Å². The standard InChI is InChI=1S/C27H28FN3O4/c28-23-16-21(29)5-9-24(23)35-22-6-1-19(2-7-22)4-10-27(32)31-13-11-30(12-14-31)17-20-3-8-25-26(15-20)34-18-33-25/h1-3,5-9,15-16H,4,10-14,17-18,29H2. The second-order valence-electron chi connectivity index (χ2n) is 8.78. The first-order chi connectivity index (χ1) is 17.0. The summed E-state index contributed by atoms with van der Waals surface area (Å²) in [6.45, 7) is 4.24. The minimum atomic E-state index is -0.504. The third kappa shape index (κ3) is 5.66. The van der Waals surface area contributed by atoms with Crippen LogP contribution in [-0.4, -0.2) is 48.7 Å². The van der Waals surface area contributed by atoms with E-state index in [0.29, 0.717) is 24.3 Å². The number of hydrogen-bond acceptors (Lipinski definition) is 6. The number of carbonyl (C=O) groups excluding carboxylic acids is 1. The van der Waals surface area contributed by atoms with Crippen molar-refractivity contribution in [2.24, 2.45) is 0 Å². The molecule has 35 heavy (non-hydrogen) atoms. The van der Waals surface area contributed by atoms with Crippen LogP contribution in [0.15, 0.2) is 60.7 Å². The van der Waals surface area contributed by atoms with E-state index in [9.17, 15) is 9.18 Å². The topological polar surface area (TPSA) is 77.3 Å². The lowest BCUT2D eigenvalue weighted by Crippen LogP contribution is -2.48. The lowest BCUT2D eigenvalue weighted by molar-refractivity contribution is -0.133. The predicted molar refractivity (Wildman–Crippen MR) is 130 cm³/mol. The minimum absolute atomic E-state index is 0.125. The highest BCUT2D eigenvalue weighted by Crippen LogP contribution is 2.33. The lowest BCUT2D eigenvalue weighted by atomic mass is 10.1. The van der Waals surface area contributed by atoms with Gasteiger partial charge in [0.25, 0.3) is 0 Å². The Labute approximate surface area is 203 Å². The zero-order valence-electron chi connectivity index (χ0n) is 19.4. The van der Waals surface area contributed by atoms with Gasteiger partial charge in [0.2, 0.25) is 12.7 Å². The van der Waals surface area contributed by atoms with Gasteiger partial charge in [0.05, 0.1) is 0 Å². The monoisotopic (exact) mass is 477 g/mol. The maximum absolute atomic E-state index is 13.9. The summed E-state index contributed by atoms with van der Waals surface area (Å²) in [5.41, 5.74) is 8.13. The summed E-state index contributed by atoms with van der Waals surface area (Å²) >= 11 is 0. The summed E-state index contributed by atoms with van der Waals surface area (Å²) in [6, 6.07) is 17.7. The van der Waals surface area contributed by atoms with E-state index in [1.54, 1.807) is 18.2 Å². The van der Waals surface area contributed by atoms with Crippen LogP contribution in [0.3, 0.4) is 0 Å². The molecular formula is C27H28FN3O4.